The first kappa shape index (κ1) is 19.5. The van der Waals surface area contributed by atoms with E-state index < -0.39 is 20.8 Å². The van der Waals surface area contributed by atoms with Gasteiger partial charge in [0, 0.05) is 38.1 Å². The highest BCUT2D eigenvalue weighted by atomic mass is 32.2. The predicted octanol–water partition coefficient (Wildman–Crippen LogP) is 1.75. The minimum absolute atomic E-state index is 0.306. The van der Waals surface area contributed by atoms with Gasteiger partial charge in [0.1, 0.15) is 11.0 Å². The molecule has 25 heavy (non-hydrogen) atoms. The Kier molecular flexibility index (Phi) is 5.63. The molecule has 1 aromatic carbocycles. The lowest BCUT2D eigenvalue weighted by atomic mass is 10.1. The third-order valence-electron chi connectivity index (χ3n) is 3.96. The lowest BCUT2D eigenvalue weighted by Crippen LogP contribution is -2.50. The fraction of sp³-hybridized carbons (Fsp3) is 0.588. The third kappa shape index (κ3) is 5.34. The number of nitrogens with zero attached hydrogens (tertiary/aromatic N) is 2. The molecule has 1 unspecified atom stereocenters. The number of nitrogens with two attached hydrogens (primary N) is 1. The number of anilines is 1. The van der Waals surface area contributed by atoms with Gasteiger partial charge in [0.15, 0.2) is 9.84 Å². The summed E-state index contributed by atoms with van der Waals surface area (Å²) in [5.74, 6) is 0. The Balaban J connectivity index is 2.03. The van der Waals surface area contributed by atoms with E-state index >= 15 is 0 Å². The van der Waals surface area contributed by atoms with Gasteiger partial charge < -0.3 is 20.3 Å². The van der Waals surface area contributed by atoms with E-state index in [1.165, 1.54) is 0 Å². The van der Waals surface area contributed by atoms with Crippen LogP contribution in [0.5, 0.6) is 0 Å². The van der Waals surface area contributed by atoms with Crippen molar-refractivity contribution in [3.63, 3.8) is 0 Å². The smallest absolute Gasteiger partial charge is 0.410 e. The molecule has 0 bridgehead atoms. The fourth-order valence-corrected chi connectivity index (χ4v) is 3.26. The normalized spacial score (nSPS) is 17.3. The zero-order valence-electron chi connectivity index (χ0n) is 15.2. The summed E-state index contributed by atoms with van der Waals surface area (Å²) in [6.45, 7) is 7.94. The second-order valence-electron chi connectivity index (χ2n) is 7.30. The standard InChI is InChI=1S/C17H27N3O4S/c1-17(2,3)24-16(21)20-10-8-19(9-11-20)14-7-5-6-13(12-14)15(18)25(4,22)23/h5-7,12,15H,8-11,18H2,1-4H3. The monoisotopic (exact) mass is 369 g/mol. The van der Waals surface area contributed by atoms with E-state index in [2.05, 4.69) is 4.90 Å². The molecule has 1 saturated heterocycles. The van der Waals surface area contributed by atoms with Crippen LogP contribution in [0.25, 0.3) is 0 Å². The first-order chi connectivity index (χ1) is 11.5. The number of piperazine rings is 1. The van der Waals surface area contributed by atoms with Gasteiger partial charge in [-0.3, -0.25) is 0 Å². The van der Waals surface area contributed by atoms with E-state index in [-0.39, 0.29) is 6.09 Å². The van der Waals surface area contributed by atoms with Crippen molar-refractivity contribution in [3.05, 3.63) is 29.8 Å². The molecule has 1 aromatic rings. The number of rotatable bonds is 3. The zero-order chi connectivity index (χ0) is 18.8. The molecular formula is C17H27N3O4S. The lowest BCUT2D eigenvalue weighted by molar-refractivity contribution is 0.0240. The summed E-state index contributed by atoms with van der Waals surface area (Å²) >= 11 is 0. The third-order valence-corrected chi connectivity index (χ3v) is 5.15. The zero-order valence-corrected chi connectivity index (χ0v) is 16.0. The molecular weight excluding hydrogens is 342 g/mol. The first-order valence-corrected chi connectivity index (χ1v) is 10.2. The lowest BCUT2D eigenvalue weighted by Gasteiger charge is -2.37. The summed E-state index contributed by atoms with van der Waals surface area (Å²) in [5, 5.41) is -1.03. The van der Waals surface area contributed by atoms with Crippen LogP contribution < -0.4 is 10.6 Å². The van der Waals surface area contributed by atoms with Gasteiger partial charge in [0.05, 0.1) is 0 Å². The van der Waals surface area contributed by atoms with Crippen LogP contribution in [0.4, 0.5) is 10.5 Å². The van der Waals surface area contributed by atoms with Crippen molar-refractivity contribution in [2.75, 3.05) is 37.3 Å². The van der Waals surface area contributed by atoms with Crippen molar-refractivity contribution in [2.24, 2.45) is 5.73 Å². The van der Waals surface area contributed by atoms with Crippen molar-refractivity contribution in [3.8, 4) is 0 Å². The van der Waals surface area contributed by atoms with Gasteiger partial charge in [-0.25, -0.2) is 13.2 Å². The van der Waals surface area contributed by atoms with Gasteiger partial charge in [0.25, 0.3) is 0 Å². The Labute approximate surface area is 149 Å². The fourth-order valence-electron chi connectivity index (χ4n) is 2.62. The second kappa shape index (κ2) is 7.21. The molecule has 0 saturated carbocycles. The van der Waals surface area contributed by atoms with Gasteiger partial charge in [0.2, 0.25) is 0 Å². The van der Waals surface area contributed by atoms with Crippen LogP contribution in [0.3, 0.4) is 0 Å². The Morgan fingerprint density at radius 2 is 1.80 bits per heavy atom. The maximum atomic E-state index is 12.1. The van der Waals surface area contributed by atoms with Crippen molar-refractivity contribution < 1.29 is 17.9 Å². The van der Waals surface area contributed by atoms with Gasteiger partial charge in [-0.2, -0.15) is 0 Å². The van der Waals surface area contributed by atoms with E-state index in [0.29, 0.717) is 31.7 Å². The molecule has 0 radical (unpaired) electrons. The number of benzene rings is 1. The average Bonchev–Trinajstić information content (AvgIpc) is 2.52. The van der Waals surface area contributed by atoms with Crippen LogP contribution in [0.1, 0.15) is 31.7 Å². The molecule has 1 fully saturated rings. The number of sulfone groups is 1. The topological polar surface area (TPSA) is 92.9 Å². The molecule has 0 aliphatic carbocycles. The summed E-state index contributed by atoms with van der Waals surface area (Å²) < 4.78 is 28.7. The summed E-state index contributed by atoms with van der Waals surface area (Å²) in [5.41, 5.74) is 6.77. The van der Waals surface area contributed by atoms with Crippen LogP contribution in [0.2, 0.25) is 0 Å². The predicted molar refractivity (Wildman–Crippen MR) is 98.2 cm³/mol. The molecule has 0 aromatic heterocycles. The van der Waals surface area contributed by atoms with Crippen molar-refractivity contribution in [2.45, 2.75) is 31.7 Å². The molecule has 1 amide bonds. The van der Waals surface area contributed by atoms with E-state index in [1.807, 2.05) is 26.8 Å². The van der Waals surface area contributed by atoms with E-state index in [0.717, 1.165) is 11.9 Å². The molecule has 0 spiro atoms. The van der Waals surface area contributed by atoms with Crippen LogP contribution in [0, 0.1) is 0 Å². The Bertz CT molecular complexity index is 720. The number of hydrogen-bond donors (Lipinski definition) is 1. The van der Waals surface area contributed by atoms with Crippen molar-refractivity contribution in [1.82, 2.24) is 4.90 Å². The number of ether oxygens (including phenoxy) is 1. The molecule has 140 valence electrons. The summed E-state index contributed by atoms with van der Waals surface area (Å²) in [6.07, 6.45) is 0.823. The SMILES string of the molecule is CC(C)(C)OC(=O)N1CCN(c2cccc(C(N)S(C)(=O)=O)c2)CC1. The van der Waals surface area contributed by atoms with Gasteiger partial charge in [-0.15, -0.1) is 0 Å². The maximum Gasteiger partial charge on any atom is 0.410 e. The first-order valence-electron chi connectivity index (χ1n) is 8.25. The van der Waals surface area contributed by atoms with Crippen molar-refractivity contribution >= 4 is 21.6 Å². The van der Waals surface area contributed by atoms with Gasteiger partial charge >= 0.3 is 6.09 Å². The Hall–Kier alpha value is -1.80. The van der Waals surface area contributed by atoms with E-state index in [9.17, 15) is 13.2 Å². The largest absolute Gasteiger partial charge is 0.444 e. The van der Waals surface area contributed by atoms with Gasteiger partial charge in [-0.05, 0) is 38.5 Å². The number of amides is 1. The van der Waals surface area contributed by atoms with Crippen molar-refractivity contribution in [1.29, 1.82) is 0 Å². The summed E-state index contributed by atoms with van der Waals surface area (Å²) in [4.78, 5) is 15.9. The quantitative estimate of drug-likeness (QED) is 0.872. The molecule has 1 aliphatic heterocycles. The average molecular weight is 369 g/mol. The highest BCUT2D eigenvalue weighted by molar-refractivity contribution is 7.90. The molecule has 1 aliphatic rings. The van der Waals surface area contributed by atoms with E-state index in [1.54, 1.807) is 23.1 Å². The molecule has 8 heteroatoms. The van der Waals surface area contributed by atoms with Gasteiger partial charge in [-0.1, -0.05) is 12.1 Å². The van der Waals surface area contributed by atoms with E-state index in [4.69, 9.17) is 10.5 Å². The molecule has 2 N–H and O–H groups in total. The molecule has 1 atom stereocenters. The van der Waals surface area contributed by atoms with Crippen LogP contribution in [-0.2, 0) is 14.6 Å². The number of carbonyl (C=O) groups excluding carboxylic acids is 1. The maximum absolute atomic E-state index is 12.1. The highest BCUT2D eigenvalue weighted by Gasteiger charge is 2.26. The second-order valence-corrected chi connectivity index (χ2v) is 9.47. The highest BCUT2D eigenvalue weighted by Crippen LogP contribution is 2.23. The number of hydrogen-bond acceptors (Lipinski definition) is 6. The number of carbonyl (C=O) groups is 1. The minimum atomic E-state index is -3.35. The summed E-state index contributed by atoms with van der Waals surface area (Å²) in [7, 11) is -3.35. The van der Waals surface area contributed by atoms with Crippen LogP contribution in [0.15, 0.2) is 24.3 Å². The molecule has 1 heterocycles. The summed E-state index contributed by atoms with van der Waals surface area (Å²) in [6, 6.07) is 7.23. The molecule has 7 nitrogen and oxygen atoms in total. The Morgan fingerprint density at radius 3 is 2.32 bits per heavy atom. The molecule has 2 rings (SSSR count). The Morgan fingerprint density at radius 1 is 1.20 bits per heavy atom. The minimum Gasteiger partial charge on any atom is -0.444 e. The van der Waals surface area contributed by atoms with Crippen LogP contribution >= 0.6 is 0 Å². The van der Waals surface area contributed by atoms with Crippen LogP contribution in [-0.4, -0.2) is 57.4 Å².